The lowest BCUT2D eigenvalue weighted by atomic mass is 10.1. The van der Waals surface area contributed by atoms with E-state index in [9.17, 15) is 0 Å². The molecule has 86 valence electrons. The molecule has 1 heterocycles. The molecule has 1 aliphatic rings. The van der Waals surface area contributed by atoms with Gasteiger partial charge in [-0.1, -0.05) is 30.3 Å². The molecule has 2 aromatic rings. The molecule has 3 nitrogen and oxygen atoms in total. The minimum atomic E-state index is -0.564. The summed E-state index contributed by atoms with van der Waals surface area (Å²) in [5, 5.41) is 0. The SMILES string of the molecule is NC1(c2ccc(Oc3ccccc3)cc2)CO1. The molecule has 2 aromatic carbocycles. The van der Waals surface area contributed by atoms with Gasteiger partial charge < -0.3 is 9.47 Å². The highest BCUT2D eigenvalue weighted by Crippen LogP contribution is 2.33. The summed E-state index contributed by atoms with van der Waals surface area (Å²) in [7, 11) is 0. The monoisotopic (exact) mass is 227 g/mol. The van der Waals surface area contributed by atoms with Gasteiger partial charge in [0.1, 0.15) is 11.5 Å². The second kappa shape index (κ2) is 3.87. The molecule has 0 radical (unpaired) electrons. The van der Waals surface area contributed by atoms with Crippen molar-refractivity contribution < 1.29 is 9.47 Å². The van der Waals surface area contributed by atoms with E-state index < -0.39 is 5.72 Å². The molecule has 0 spiro atoms. The number of para-hydroxylation sites is 1. The van der Waals surface area contributed by atoms with Crippen molar-refractivity contribution in [3.8, 4) is 11.5 Å². The van der Waals surface area contributed by atoms with Gasteiger partial charge in [-0.2, -0.15) is 0 Å². The molecule has 17 heavy (non-hydrogen) atoms. The van der Waals surface area contributed by atoms with Crippen LogP contribution in [0.3, 0.4) is 0 Å². The van der Waals surface area contributed by atoms with Crippen LogP contribution in [0.1, 0.15) is 5.56 Å². The average Bonchev–Trinajstić information content (AvgIpc) is 3.11. The van der Waals surface area contributed by atoms with Crippen LogP contribution in [0.25, 0.3) is 0 Å². The summed E-state index contributed by atoms with van der Waals surface area (Å²) < 4.78 is 10.9. The standard InChI is InChI=1S/C14H13NO2/c15-14(10-16-14)11-6-8-13(9-7-11)17-12-4-2-1-3-5-12/h1-9H,10,15H2. The summed E-state index contributed by atoms with van der Waals surface area (Å²) in [5.74, 6) is 1.62. The maximum atomic E-state index is 5.91. The van der Waals surface area contributed by atoms with Crippen molar-refractivity contribution >= 4 is 0 Å². The molecule has 3 rings (SSSR count). The summed E-state index contributed by atoms with van der Waals surface area (Å²) in [6.07, 6.45) is 0. The van der Waals surface area contributed by atoms with Gasteiger partial charge >= 0.3 is 0 Å². The lowest BCUT2D eigenvalue weighted by Crippen LogP contribution is -2.20. The summed E-state index contributed by atoms with van der Waals surface area (Å²) in [6.45, 7) is 0.589. The van der Waals surface area contributed by atoms with E-state index in [0.717, 1.165) is 17.1 Å². The zero-order valence-electron chi connectivity index (χ0n) is 9.30. The number of nitrogens with two attached hydrogens (primary N) is 1. The zero-order chi connectivity index (χ0) is 11.7. The molecule has 0 aromatic heterocycles. The van der Waals surface area contributed by atoms with Crippen molar-refractivity contribution in [3.63, 3.8) is 0 Å². The fourth-order valence-electron chi connectivity index (χ4n) is 1.67. The molecule has 0 bridgehead atoms. The number of hydrogen-bond acceptors (Lipinski definition) is 3. The van der Waals surface area contributed by atoms with Crippen LogP contribution >= 0.6 is 0 Å². The minimum absolute atomic E-state index is 0.564. The molecule has 0 amide bonds. The first-order valence-electron chi connectivity index (χ1n) is 5.53. The minimum Gasteiger partial charge on any atom is -0.457 e. The van der Waals surface area contributed by atoms with Gasteiger partial charge in [-0.3, -0.25) is 5.73 Å². The van der Waals surface area contributed by atoms with Crippen LogP contribution < -0.4 is 10.5 Å². The Morgan fingerprint density at radius 2 is 1.53 bits per heavy atom. The van der Waals surface area contributed by atoms with E-state index in [1.807, 2.05) is 54.6 Å². The molecular weight excluding hydrogens is 214 g/mol. The highest BCUT2D eigenvalue weighted by molar-refractivity contribution is 5.35. The van der Waals surface area contributed by atoms with Gasteiger partial charge in [0, 0.05) is 5.56 Å². The molecule has 1 atom stereocenters. The lowest BCUT2D eigenvalue weighted by Gasteiger charge is -2.08. The Kier molecular flexibility index (Phi) is 2.35. The molecule has 1 saturated heterocycles. The van der Waals surface area contributed by atoms with Crippen molar-refractivity contribution in [1.29, 1.82) is 0 Å². The van der Waals surface area contributed by atoms with Crippen molar-refractivity contribution in [2.45, 2.75) is 5.72 Å². The molecule has 1 unspecified atom stereocenters. The number of ether oxygens (including phenoxy) is 2. The molecule has 0 aliphatic carbocycles. The quantitative estimate of drug-likeness (QED) is 0.820. The van der Waals surface area contributed by atoms with Gasteiger partial charge in [-0.25, -0.2) is 0 Å². The van der Waals surface area contributed by atoms with Crippen LogP contribution in [0.2, 0.25) is 0 Å². The highest BCUT2D eigenvalue weighted by atomic mass is 16.6. The zero-order valence-corrected chi connectivity index (χ0v) is 9.30. The largest absolute Gasteiger partial charge is 0.457 e. The van der Waals surface area contributed by atoms with Crippen LogP contribution in [0, 0.1) is 0 Å². The van der Waals surface area contributed by atoms with E-state index in [1.165, 1.54) is 0 Å². The van der Waals surface area contributed by atoms with E-state index >= 15 is 0 Å². The van der Waals surface area contributed by atoms with Crippen LogP contribution in [0.5, 0.6) is 11.5 Å². The summed E-state index contributed by atoms with van der Waals surface area (Å²) in [5.41, 5.74) is 6.33. The first-order valence-corrected chi connectivity index (χ1v) is 5.53. The van der Waals surface area contributed by atoms with E-state index in [-0.39, 0.29) is 0 Å². The average molecular weight is 227 g/mol. The Hall–Kier alpha value is -1.84. The Balaban J connectivity index is 1.77. The molecule has 3 heteroatoms. The van der Waals surface area contributed by atoms with Crippen LogP contribution in [-0.2, 0) is 10.5 Å². The molecule has 1 aliphatic heterocycles. The molecule has 0 saturated carbocycles. The second-order valence-electron chi connectivity index (χ2n) is 4.12. The molecular formula is C14H13NO2. The third-order valence-electron chi connectivity index (χ3n) is 2.78. The van der Waals surface area contributed by atoms with E-state index in [2.05, 4.69) is 0 Å². The fraction of sp³-hybridized carbons (Fsp3) is 0.143. The summed E-state index contributed by atoms with van der Waals surface area (Å²) >= 11 is 0. The second-order valence-corrected chi connectivity index (χ2v) is 4.12. The Morgan fingerprint density at radius 1 is 0.941 bits per heavy atom. The predicted octanol–water partition coefficient (Wildman–Crippen LogP) is 2.62. The number of benzene rings is 2. The summed E-state index contributed by atoms with van der Waals surface area (Å²) in [4.78, 5) is 0. The van der Waals surface area contributed by atoms with Gasteiger partial charge in [0.25, 0.3) is 0 Å². The van der Waals surface area contributed by atoms with E-state index in [0.29, 0.717) is 6.61 Å². The fourth-order valence-corrected chi connectivity index (χ4v) is 1.67. The van der Waals surface area contributed by atoms with Gasteiger partial charge in [-0.15, -0.1) is 0 Å². The number of rotatable bonds is 3. The van der Waals surface area contributed by atoms with Crippen molar-refractivity contribution in [2.24, 2.45) is 5.73 Å². The van der Waals surface area contributed by atoms with Gasteiger partial charge in [0.2, 0.25) is 0 Å². The van der Waals surface area contributed by atoms with Crippen molar-refractivity contribution in [3.05, 3.63) is 60.2 Å². The first-order chi connectivity index (χ1) is 8.26. The normalized spacial score (nSPS) is 22.2. The van der Waals surface area contributed by atoms with Gasteiger partial charge in [0.15, 0.2) is 5.72 Å². The Bertz CT molecular complexity index is 504. The lowest BCUT2D eigenvalue weighted by molar-refractivity contribution is 0.316. The Labute approximate surface area is 99.8 Å². The molecule has 1 fully saturated rings. The summed E-state index contributed by atoms with van der Waals surface area (Å²) in [6, 6.07) is 17.4. The van der Waals surface area contributed by atoms with Crippen LogP contribution in [0.15, 0.2) is 54.6 Å². The smallest absolute Gasteiger partial charge is 0.166 e. The van der Waals surface area contributed by atoms with Gasteiger partial charge in [-0.05, 0) is 24.3 Å². The van der Waals surface area contributed by atoms with Crippen molar-refractivity contribution in [1.82, 2.24) is 0 Å². The maximum Gasteiger partial charge on any atom is 0.166 e. The molecule has 2 N–H and O–H groups in total. The maximum absolute atomic E-state index is 5.91. The number of epoxide rings is 1. The van der Waals surface area contributed by atoms with Gasteiger partial charge in [0.05, 0.1) is 6.61 Å². The third-order valence-corrected chi connectivity index (χ3v) is 2.78. The number of hydrogen-bond donors (Lipinski definition) is 1. The highest BCUT2D eigenvalue weighted by Gasteiger charge is 2.42. The van der Waals surface area contributed by atoms with Crippen LogP contribution in [-0.4, -0.2) is 6.61 Å². The third kappa shape index (κ3) is 2.16. The Morgan fingerprint density at radius 3 is 2.12 bits per heavy atom. The van der Waals surface area contributed by atoms with E-state index in [1.54, 1.807) is 0 Å². The topological polar surface area (TPSA) is 47.8 Å². The van der Waals surface area contributed by atoms with E-state index in [4.69, 9.17) is 15.2 Å². The van der Waals surface area contributed by atoms with Crippen LogP contribution in [0.4, 0.5) is 0 Å². The predicted molar refractivity (Wildman–Crippen MR) is 64.8 cm³/mol. The first kappa shape index (κ1) is 10.3. The van der Waals surface area contributed by atoms with Crippen molar-refractivity contribution in [2.75, 3.05) is 6.61 Å².